The van der Waals surface area contributed by atoms with Crippen molar-refractivity contribution in [3.8, 4) is 39.5 Å². The minimum absolute atomic E-state index is 0.230. The summed E-state index contributed by atoms with van der Waals surface area (Å²) in [7, 11) is 4.38. The Morgan fingerprint density at radius 1 is 0.647 bits per heavy atom. The van der Waals surface area contributed by atoms with E-state index >= 15 is 0 Å². The molecular weight excluding hydrogens is 432 g/mol. The second-order valence-electron chi connectivity index (χ2n) is 7.58. The molecule has 0 unspecified atom stereocenters. The molecule has 0 bridgehead atoms. The summed E-state index contributed by atoms with van der Waals surface area (Å²) in [5.41, 5.74) is 3.84. The Kier molecular flexibility index (Phi) is 6.50. The van der Waals surface area contributed by atoms with Crippen LogP contribution in [0.4, 0.5) is 0 Å². The van der Waals surface area contributed by atoms with Crippen LogP contribution in [0.2, 0.25) is 0 Å². The van der Waals surface area contributed by atoms with Crippen molar-refractivity contribution in [2.45, 2.75) is 6.92 Å². The second kappa shape index (κ2) is 9.67. The third kappa shape index (κ3) is 4.30. The molecule has 172 valence electrons. The number of rotatable bonds is 6. The van der Waals surface area contributed by atoms with Crippen molar-refractivity contribution in [1.29, 1.82) is 0 Å². The minimum atomic E-state index is -0.549. The van der Waals surface area contributed by atoms with Crippen LogP contribution in [0, 0.1) is 0 Å². The Bertz CT molecular complexity index is 1360. The standard InChI is InChI=1S/C28H24O6/c1-17(29)34-24-16-23(28(30)33-4)27(22-15-26(32-3)25(31-2)14-21(22)24)20-12-10-19(11-13-20)18-8-6-5-7-9-18/h5-16H,1-4H3. The van der Waals surface area contributed by atoms with Crippen molar-refractivity contribution < 1.29 is 28.5 Å². The Morgan fingerprint density at radius 3 is 1.76 bits per heavy atom. The number of esters is 2. The van der Waals surface area contributed by atoms with E-state index in [2.05, 4.69) is 0 Å². The molecule has 0 spiro atoms. The number of hydrogen-bond donors (Lipinski definition) is 0. The van der Waals surface area contributed by atoms with Crippen LogP contribution in [-0.4, -0.2) is 33.3 Å². The quantitative estimate of drug-likeness (QED) is 0.266. The SMILES string of the molecule is COC(=O)c1cc(OC(C)=O)c2cc(OC)c(OC)cc2c1-c1ccc(-c2ccccc2)cc1. The lowest BCUT2D eigenvalue weighted by atomic mass is 9.91. The van der Waals surface area contributed by atoms with E-state index in [1.165, 1.54) is 34.3 Å². The van der Waals surface area contributed by atoms with E-state index in [4.69, 9.17) is 18.9 Å². The first kappa shape index (κ1) is 22.9. The van der Waals surface area contributed by atoms with Crippen molar-refractivity contribution >= 4 is 22.7 Å². The van der Waals surface area contributed by atoms with Crippen molar-refractivity contribution in [1.82, 2.24) is 0 Å². The first-order chi connectivity index (χ1) is 16.5. The molecule has 4 aromatic rings. The van der Waals surface area contributed by atoms with E-state index in [1.54, 1.807) is 12.1 Å². The summed E-state index contributed by atoms with van der Waals surface area (Å²) in [4.78, 5) is 24.7. The van der Waals surface area contributed by atoms with Crippen LogP contribution in [0.3, 0.4) is 0 Å². The van der Waals surface area contributed by atoms with Gasteiger partial charge in [0.1, 0.15) is 5.75 Å². The van der Waals surface area contributed by atoms with Gasteiger partial charge in [0.2, 0.25) is 0 Å². The second-order valence-corrected chi connectivity index (χ2v) is 7.58. The van der Waals surface area contributed by atoms with Crippen LogP contribution in [0.5, 0.6) is 17.2 Å². The minimum Gasteiger partial charge on any atom is -0.493 e. The zero-order valence-corrected chi connectivity index (χ0v) is 19.4. The van der Waals surface area contributed by atoms with Crippen LogP contribution in [0.1, 0.15) is 17.3 Å². The Morgan fingerprint density at radius 2 is 1.21 bits per heavy atom. The summed E-state index contributed by atoms with van der Waals surface area (Å²) in [5, 5.41) is 1.26. The zero-order chi connectivity index (χ0) is 24.2. The lowest BCUT2D eigenvalue weighted by molar-refractivity contribution is -0.131. The smallest absolute Gasteiger partial charge is 0.338 e. The highest BCUT2D eigenvalue weighted by molar-refractivity contribution is 6.11. The van der Waals surface area contributed by atoms with Gasteiger partial charge in [-0.15, -0.1) is 0 Å². The molecule has 0 atom stereocenters. The summed E-state index contributed by atoms with van der Waals surface area (Å²) in [6.07, 6.45) is 0. The highest BCUT2D eigenvalue weighted by Crippen LogP contribution is 2.43. The molecule has 4 aromatic carbocycles. The highest BCUT2D eigenvalue weighted by Gasteiger charge is 2.23. The Hall–Kier alpha value is -4.32. The van der Waals surface area contributed by atoms with E-state index < -0.39 is 11.9 Å². The number of fused-ring (bicyclic) bond motifs is 1. The van der Waals surface area contributed by atoms with Gasteiger partial charge in [-0.3, -0.25) is 4.79 Å². The fraction of sp³-hybridized carbons (Fsp3) is 0.143. The number of benzene rings is 4. The monoisotopic (exact) mass is 456 g/mol. The molecule has 6 heteroatoms. The average Bonchev–Trinajstić information content (AvgIpc) is 2.87. The van der Waals surface area contributed by atoms with E-state index in [0.717, 1.165) is 16.7 Å². The molecule has 0 saturated carbocycles. The molecule has 4 rings (SSSR count). The van der Waals surface area contributed by atoms with Gasteiger partial charge in [0, 0.05) is 17.9 Å². The number of methoxy groups -OCH3 is 3. The van der Waals surface area contributed by atoms with Crippen LogP contribution in [-0.2, 0) is 9.53 Å². The molecule has 0 aliphatic rings. The fourth-order valence-corrected chi connectivity index (χ4v) is 4.00. The Balaban J connectivity index is 2.02. The van der Waals surface area contributed by atoms with Gasteiger partial charge >= 0.3 is 11.9 Å². The molecule has 0 fully saturated rings. The predicted octanol–water partition coefficient (Wildman–Crippen LogP) is 5.90. The summed E-state index contributed by atoms with van der Waals surface area (Å²) < 4.78 is 21.5. The Labute approximate surface area is 197 Å². The molecule has 6 nitrogen and oxygen atoms in total. The lowest BCUT2D eigenvalue weighted by Gasteiger charge is -2.18. The maximum atomic E-state index is 12.8. The largest absolute Gasteiger partial charge is 0.493 e. The summed E-state index contributed by atoms with van der Waals surface area (Å²) in [6, 6.07) is 22.9. The molecule has 0 radical (unpaired) electrons. The van der Waals surface area contributed by atoms with E-state index in [1.807, 2.05) is 54.6 Å². The van der Waals surface area contributed by atoms with Gasteiger partial charge in [-0.2, -0.15) is 0 Å². The topological polar surface area (TPSA) is 71.1 Å². The molecule has 0 heterocycles. The number of carbonyl (C=O) groups excluding carboxylic acids is 2. The van der Waals surface area contributed by atoms with E-state index in [-0.39, 0.29) is 11.3 Å². The fourth-order valence-electron chi connectivity index (χ4n) is 4.00. The van der Waals surface area contributed by atoms with E-state index in [0.29, 0.717) is 27.8 Å². The maximum absolute atomic E-state index is 12.8. The maximum Gasteiger partial charge on any atom is 0.338 e. The van der Waals surface area contributed by atoms with Crippen molar-refractivity contribution in [3.05, 3.63) is 78.4 Å². The van der Waals surface area contributed by atoms with Crippen LogP contribution in [0.25, 0.3) is 33.0 Å². The van der Waals surface area contributed by atoms with Crippen molar-refractivity contribution in [3.63, 3.8) is 0 Å². The molecule has 0 saturated heterocycles. The van der Waals surface area contributed by atoms with Crippen LogP contribution in [0.15, 0.2) is 72.8 Å². The van der Waals surface area contributed by atoms with Crippen LogP contribution >= 0.6 is 0 Å². The molecule has 0 aliphatic heterocycles. The van der Waals surface area contributed by atoms with Gasteiger partial charge in [0.25, 0.3) is 0 Å². The highest BCUT2D eigenvalue weighted by atomic mass is 16.5. The van der Waals surface area contributed by atoms with Gasteiger partial charge in [-0.05, 0) is 40.3 Å². The molecular formula is C28H24O6. The summed E-state index contributed by atoms with van der Waals surface area (Å²) in [6.45, 7) is 1.31. The van der Waals surface area contributed by atoms with Crippen molar-refractivity contribution in [2.24, 2.45) is 0 Å². The van der Waals surface area contributed by atoms with E-state index in [9.17, 15) is 9.59 Å². The number of hydrogen-bond acceptors (Lipinski definition) is 6. The number of carbonyl (C=O) groups is 2. The molecule has 0 amide bonds. The molecule has 0 aromatic heterocycles. The summed E-state index contributed by atoms with van der Waals surface area (Å²) >= 11 is 0. The average molecular weight is 456 g/mol. The third-order valence-corrected chi connectivity index (χ3v) is 5.54. The lowest BCUT2D eigenvalue weighted by Crippen LogP contribution is -2.08. The number of ether oxygens (including phenoxy) is 4. The zero-order valence-electron chi connectivity index (χ0n) is 19.4. The van der Waals surface area contributed by atoms with Crippen LogP contribution < -0.4 is 14.2 Å². The predicted molar refractivity (Wildman–Crippen MR) is 131 cm³/mol. The molecule has 0 N–H and O–H groups in total. The van der Waals surface area contributed by atoms with Gasteiger partial charge in [0.15, 0.2) is 11.5 Å². The first-order valence-corrected chi connectivity index (χ1v) is 10.6. The van der Waals surface area contributed by atoms with Gasteiger partial charge in [0.05, 0.1) is 26.9 Å². The van der Waals surface area contributed by atoms with Crippen molar-refractivity contribution in [2.75, 3.05) is 21.3 Å². The third-order valence-electron chi connectivity index (χ3n) is 5.54. The van der Waals surface area contributed by atoms with Gasteiger partial charge < -0.3 is 18.9 Å². The summed E-state index contributed by atoms with van der Waals surface area (Å²) in [5.74, 6) is 0.125. The normalized spacial score (nSPS) is 10.6. The molecule has 0 aliphatic carbocycles. The first-order valence-electron chi connectivity index (χ1n) is 10.6. The molecule has 34 heavy (non-hydrogen) atoms. The van der Waals surface area contributed by atoms with Gasteiger partial charge in [-0.1, -0.05) is 54.6 Å². The van der Waals surface area contributed by atoms with Gasteiger partial charge in [-0.25, -0.2) is 4.79 Å².